The van der Waals surface area contributed by atoms with Gasteiger partial charge in [-0.15, -0.1) is 13.2 Å². The highest BCUT2D eigenvalue weighted by molar-refractivity contribution is 9.10. The van der Waals surface area contributed by atoms with E-state index in [1.165, 1.54) is 18.2 Å². The summed E-state index contributed by atoms with van der Waals surface area (Å²) in [6.45, 7) is 4.00. The summed E-state index contributed by atoms with van der Waals surface area (Å²) < 4.78 is 43.2. The fourth-order valence-corrected chi connectivity index (χ4v) is 4.75. The highest BCUT2D eigenvalue weighted by atomic mass is 79.9. The molecule has 1 heterocycles. The molecule has 174 valence electrons. The van der Waals surface area contributed by atoms with Gasteiger partial charge in [0.1, 0.15) is 11.6 Å². The Morgan fingerprint density at radius 3 is 2.36 bits per heavy atom. The van der Waals surface area contributed by atoms with Gasteiger partial charge in [-0.25, -0.2) is 4.98 Å². The molecule has 5 nitrogen and oxygen atoms in total. The van der Waals surface area contributed by atoms with Crippen molar-refractivity contribution in [2.24, 2.45) is 0 Å². The number of nitrogens with one attached hydrogen (secondary N) is 2. The molecule has 1 aromatic heterocycles. The third-order valence-electron chi connectivity index (χ3n) is 5.53. The molecule has 0 saturated heterocycles. The molecular weight excluding hydrogens is 497 g/mol. The molecule has 1 fully saturated rings. The van der Waals surface area contributed by atoms with E-state index in [1.54, 1.807) is 12.1 Å². The topological polar surface area (TPSA) is 59.1 Å². The van der Waals surface area contributed by atoms with Crippen LogP contribution in [-0.2, 0) is 0 Å². The van der Waals surface area contributed by atoms with E-state index in [2.05, 4.69) is 41.3 Å². The largest absolute Gasteiger partial charge is 0.573 e. The van der Waals surface area contributed by atoms with E-state index in [1.807, 2.05) is 26.0 Å². The molecule has 0 atom stereocenters. The normalized spacial score (nSPS) is 14.4. The summed E-state index contributed by atoms with van der Waals surface area (Å²) in [5.41, 5.74) is 3.98. The lowest BCUT2D eigenvalue weighted by Gasteiger charge is -2.17. The van der Waals surface area contributed by atoms with Crippen molar-refractivity contribution in [3.63, 3.8) is 0 Å². The van der Waals surface area contributed by atoms with Gasteiger partial charge in [0, 0.05) is 27.8 Å². The lowest BCUT2D eigenvalue weighted by Crippen LogP contribution is -2.17. The van der Waals surface area contributed by atoms with Crippen LogP contribution in [0.3, 0.4) is 0 Å². The minimum absolute atomic E-state index is 0.282. The van der Waals surface area contributed by atoms with Gasteiger partial charge in [-0.3, -0.25) is 0 Å². The second-order valence-electron chi connectivity index (χ2n) is 8.20. The molecule has 2 N–H and O–H groups in total. The monoisotopic (exact) mass is 520 g/mol. The lowest BCUT2D eigenvalue weighted by molar-refractivity contribution is -0.274. The summed E-state index contributed by atoms with van der Waals surface area (Å²) >= 11 is 3.51. The molecule has 0 radical (unpaired) electrons. The second-order valence-corrected chi connectivity index (χ2v) is 9.12. The molecular formula is C24H24BrF3N4O. The number of rotatable bonds is 6. The molecule has 0 aliphatic heterocycles. The van der Waals surface area contributed by atoms with Crippen LogP contribution in [0, 0.1) is 13.8 Å². The molecule has 0 amide bonds. The smallest absolute Gasteiger partial charge is 0.406 e. The molecule has 3 aromatic rings. The Hall–Kier alpha value is -2.81. The standard InChI is InChI=1S/C24H24BrF3N4O/c1-14-10-17(25)11-15(2)22(14)31-21-13-20(30-23(32-21)29-18-7-3-4-8-18)16-6-5-9-19(12-16)33-24(26,27)28/h5-6,9-13,18H,3-4,7-8H2,1-2H3,(H2,29,30,31,32). The Bertz CT molecular complexity index is 1120. The SMILES string of the molecule is Cc1cc(Br)cc(C)c1Nc1cc(-c2cccc(OC(F)(F)F)c2)nc(NC2CCCC2)n1. The number of ether oxygens (including phenoxy) is 1. The van der Waals surface area contributed by atoms with E-state index in [4.69, 9.17) is 0 Å². The van der Waals surface area contributed by atoms with Crippen molar-refractivity contribution in [1.29, 1.82) is 0 Å². The summed E-state index contributed by atoms with van der Waals surface area (Å²) in [5.74, 6) is 0.700. The van der Waals surface area contributed by atoms with Crippen LogP contribution >= 0.6 is 15.9 Å². The molecule has 33 heavy (non-hydrogen) atoms. The van der Waals surface area contributed by atoms with Gasteiger partial charge in [0.05, 0.1) is 5.69 Å². The number of nitrogens with zero attached hydrogens (tertiary/aromatic N) is 2. The van der Waals surface area contributed by atoms with Gasteiger partial charge in [0.2, 0.25) is 5.95 Å². The maximum Gasteiger partial charge on any atom is 0.573 e. The number of alkyl halides is 3. The van der Waals surface area contributed by atoms with E-state index >= 15 is 0 Å². The molecule has 9 heteroatoms. The van der Waals surface area contributed by atoms with Crippen molar-refractivity contribution in [2.75, 3.05) is 10.6 Å². The molecule has 0 bridgehead atoms. The second kappa shape index (κ2) is 9.59. The van der Waals surface area contributed by atoms with Gasteiger partial charge in [-0.2, -0.15) is 4.98 Å². The van der Waals surface area contributed by atoms with Gasteiger partial charge < -0.3 is 15.4 Å². The summed E-state index contributed by atoms with van der Waals surface area (Å²) in [4.78, 5) is 9.25. The Kier molecular flexibility index (Phi) is 6.78. The Labute approximate surface area is 198 Å². The first-order chi connectivity index (χ1) is 15.7. The average molecular weight is 521 g/mol. The quantitative estimate of drug-likeness (QED) is 0.352. The van der Waals surface area contributed by atoms with Gasteiger partial charge in [0.15, 0.2) is 0 Å². The van der Waals surface area contributed by atoms with Crippen LogP contribution < -0.4 is 15.4 Å². The molecule has 1 saturated carbocycles. The lowest BCUT2D eigenvalue weighted by atomic mass is 10.1. The summed E-state index contributed by atoms with van der Waals surface area (Å²) in [5, 5.41) is 6.76. The summed E-state index contributed by atoms with van der Waals surface area (Å²) in [6.07, 6.45) is -0.387. The minimum atomic E-state index is -4.76. The van der Waals surface area contributed by atoms with Crippen molar-refractivity contribution >= 4 is 33.4 Å². The fourth-order valence-electron chi connectivity index (χ4n) is 4.06. The van der Waals surface area contributed by atoms with Crippen LogP contribution in [-0.4, -0.2) is 22.4 Å². The molecule has 0 unspecified atom stereocenters. The highest BCUT2D eigenvalue weighted by Crippen LogP contribution is 2.32. The predicted octanol–water partition coefficient (Wildman–Crippen LogP) is 7.52. The highest BCUT2D eigenvalue weighted by Gasteiger charge is 2.31. The molecule has 1 aliphatic carbocycles. The molecule has 0 spiro atoms. The van der Waals surface area contributed by atoms with Crippen LogP contribution in [0.5, 0.6) is 5.75 Å². The zero-order valence-electron chi connectivity index (χ0n) is 18.3. The number of hydrogen-bond acceptors (Lipinski definition) is 5. The number of anilines is 3. The summed E-state index contributed by atoms with van der Waals surface area (Å²) in [6, 6.07) is 11.8. The molecule has 1 aliphatic rings. The maximum atomic E-state index is 12.7. The predicted molar refractivity (Wildman–Crippen MR) is 127 cm³/mol. The van der Waals surface area contributed by atoms with Gasteiger partial charge in [-0.05, 0) is 62.1 Å². The Balaban J connectivity index is 1.72. The maximum absolute atomic E-state index is 12.7. The Morgan fingerprint density at radius 1 is 1.00 bits per heavy atom. The van der Waals surface area contributed by atoms with E-state index in [0.717, 1.165) is 47.0 Å². The third-order valence-corrected chi connectivity index (χ3v) is 5.99. The fraction of sp³-hybridized carbons (Fsp3) is 0.333. The van der Waals surface area contributed by atoms with Crippen molar-refractivity contribution in [1.82, 2.24) is 9.97 Å². The van der Waals surface area contributed by atoms with Gasteiger partial charge in [0.25, 0.3) is 0 Å². The van der Waals surface area contributed by atoms with E-state index < -0.39 is 6.36 Å². The first-order valence-corrected chi connectivity index (χ1v) is 11.5. The number of benzene rings is 2. The Morgan fingerprint density at radius 2 is 1.70 bits per heavy atom. The van der Waals surface area contributed by atoms with Crippen LogP contribution in [0.2, 0.25) is 0 Å². The first kappa shape index (κ1) is 23.4. The van der Waals surface area contributed by atoms with Crippen LogP contribution in [0.25, 0.3) is 11.3 Å². The first-order valence-electron chi connectivity index (χ1n) is 10.7. The van der Waals surface area contributed by atoms with Gasteiger partial charge in [-0.1, -0.05) is 40.9 Å². The van der Waals surface area contributed by atoms with Crippen LogP contribution in [0.4, 0.5) is 30.6 Å². The van der Waals surface area contributed by atoms with Crippen molar-refractivity contribution in [3.8, 4) is 17.0 Å². The van der Waals surface area contributed by atoms with Crippen molar-refractivity contribution < 1.29 is 17.9 Å². The molecule has 4 rings (SSSR count). The average Bonchev–Trinajstić information content (AvgIpc) is 3.22. The minimum Gasteiger partial charge on any atom is -0.406 e. The third kappa shape index (κ3) is 6.16. The number of aromatic nitrogens is 2. The van der Waals surface area contributed by atoms with Crippen LogP contribution in [0.1, 0.15) is 36.8 Å². The zero-order chi connectivity index (χ0) is 23.6. The van der Waals surface area contributed by atoms with Gasteiger partial charge >= 0.3 is 6.36 Å². The zero-order valence-corrected chi connectivity index (χ0v) is 19.8. The van der Waals surface area contributed by atoms with Crippen molar-refractivity contribution in [2.45, 2.75) is 51.9 Å². The summed E-state index contributed by atoms with van der Waals surface area (Å²) in [7, 11) is 0. The van der Waals surface area contributed by atoms with E-state index in [-0.39, 0.29) is 11.8 Å². The molecule has 2 aromatic carbocycles. The van der Waals surface area contributed by atoms with Crippen LogP contribution in [0.15, 0.2) is 46.9 Å². The van der Waals surface area contributed by atoms with Crippen molar-refractivity contribution in [3.05, 3.63) is 58.1 Å². The number of halogens is 4. The van der Waals surface area contributed by atoms with E-state index in [0.29, 0.717) is 23.0 Å². The number of aryl methyl sites for hydroxylation is 2. The number of hydrogen-bond donors (Lipinski definition) is 2. The van der Waals surface area contributed by atoms with E-state index in [9.17, 15) is 13.2 Å².